The summed E-state index contributed by atoms with van der Waals surface area (Å²) in [5.74, 6) is 0. The molecular formula is C13H21N3O2S. The fourth-order valence-corrected chi connectivity index (χ4v) is 3.22. The number of ether oxygens (including phenoxy) is 1. The van der Waals surface area contributed by atoms with Gasteiger partial charge in [-0.15, -0.1) is 11.3 Å². The van der Waals surface area contributed by atoms with Crippen molar-refractivity contribution < 1.29 is 9.53 Å². The first-order valence-electron chi connectivity index (χ1n) is 6.54. The Morgan fingerprint density at radius 1 is 1.47 bits per heavy atom. The first-order chi connectivity index (χ1) is 9.20. The third kappa shape index (κ3) is 3.92. The van der Waals surface area contributed by atoms with Crippen molar-refractivity contribution in [3.8, 4) is 0 Å². The minimum Gasteiger partial charge on any atom is -0.379 e. The van der Waals surface area contributed by atoms with E-state index in [1.54, 1.807) is 18.4 Å². The van der Waals surface area contributed by atoms with Gasteiger partial charge in [0.05, 0.1) is 19.3 Å². The normalized spacial score (nSPS) is 18.0. The van der Waals surface area contributed by atoms with Crippen LogP contribution in [0.25, 0.3) is 0 Å². The van der Waals surface area contributed by atoms with Crippen LogP contribution in [-0.4, -0.2) is 50.8 Å². The van der Waals surface area contributed by atoms with E-state index in [0.717, 1.165) is 26.3 Å². The molecule has 1 aromatic rings. The predicted molar refractivity (Wildman–Crippen MR) is 76.6 cm³/mol. The van der Waals surface area contributed by atoms with Crippen molar-refractivity contribution in [1.82, 2.24) is 15.5 Å². The number of hydrogen-bond donors (Lipinski definition) is 2. The van der Waals surface area contributed by atoms with Crippen molar-refractivity contribution in [2.24, 2.45) is 0 Å². The molecule has 5 nitrogen and oxygen atoms in total. The lowest BCUT2D eigenvalue weighted by atomic mass is 10.2. The van der Waals surface area contributed by atoms with Crippen molar-refractivity contribution in [3.63, 3.8) is 0 Å². The van der Waals surface area contributed by atoms with E-state index in [4.69, 9.17) is 4.74 Å². The molecule has 0 saturated carbocycles. The quantitative estimate of drug-likeness (QED) is 0.877. The van der Waals surface area contributed by atoms with Gasteiger partial charge in [-0.2, -0.15) is 0 Å². The van der Waals surface area contributed by atoms with Crippen LogP contribution in [0.1, 0.15) is 15.8 Å². The first kappa shape index (κ1) is 14.3. The van der Waals surface area contributed by atoms with Crippen molar-refractivity contribution in [2.45, 2.75) is 13.0 Å². The van der Waals surface area contributed by atoms with E-state index in [1.165, 1.54) is 9.75 Å². The van der Waals surface area contributed by atoms with Gasteiger partial charge in [-0.05, 0) is 19.1 Å². The fourth-order valence-electron chi connectivity index (χ4n) is 2.21. The smallest absolute Gasteiger partial charge is 0.314 e. The molecule has 0 radical (unpaired) electrons. The summed E-state index contributed by atoms with van der Waals surface area (Å²) in [4.78, 5) is 16.4. The molecule has 2 amide bonds. The third-order valence-electron chi connectivity index (χ3n) is 3.26. The summed E-state index contributed by atoms with van der Waals surface area (Å²) in [6, 6.07) is 4.39. The molecule has 2 rings (SSSR count). The number of rotatable bonds is 4. The molecule has 1 unspecified atom stereocenters. The first-order valence-corrected chi connectivity index (χ1v) is 7.36. The lowest BCUT2D eigenvalue weighted by Gasteiger charge is -2.34. The van der Waals surface area contributed by atoms with Gasteiger partial charge in [0.2, 0.25) is 0 Å². The molecule has 2 heterocycles. The zero-order valence-electron chi connectivity index (χ0n) is 11.4. The van der Waals surface area contributed by atoms with E-state index in [-0.39, 0.29) is 12.1 Å². The Balaban J connectivity index is 2.05. The van der Waals surface area contributed by atoms with Crippen LogP contribution in [-0.2, 0) is 4.74 Å². The molecule has 1 aromatic heterocycles. The van der Waals surface area contributed by atoms with E-state index < -0.39 is 0 Å². The molecule has 0 aromatic carbocycles. The minimum absolute atomic E-state index is 0.133. The largest absolute Gasteiger partial charge is 0.379 e. The molecule has 0 aliphatic carbocycles. The SMILES string of the molecule is CNC(=O)NCC(c1ccc(C)s1)N1CCOCC1. The maximum absolute atomic E-state index is 11.4. The second-order valence-electron chi connectivity index (χ2n) is 4.57. The number of amides is 2. The Kier molecular flexibility index (Phi) is 5.18. The van der Waals surface area contributed by atoms with E-state index in [1.807, 2.05) is 0 Å². The molecule has 6 heteroatoms. The zero-order valence-corrected chi connectivity index (χ0v) is 12.3. The third-order valence-corrected chi connectivity index (χ3v) is 4.36. The van der Waals surface area contributed by atoms with Crippen LogP contribution in [0.15, 0.2) is 12.1 Å². The summed E-state index contributed by atoms with van der Waals surface area (Å²) in [7, 11) is 1.63. The lowest BCUT2D eigenvalue weighted by molar-refractivity contribution is 0.0174. The molecule has 1 saturated heterocycles. The van der Waals surface area contributed by atoms with Gasteiger partial charge in [0.15, 0.2) is 0 Å². The van der Waals surface area contributed by atoms with Crippen molar-refractivity contribution in [3.05, 3.63) is 21.9 Å². The molecular weight excluding hydrogens is 262 g/mol. The van der Waals surface area contributed by atoms with E-state index in [2.05, 4.69) is 34.6 Å². The molecule has 2 N–H and O–H groups in total. The van der Waals surface area contributed by atoms with Gasteiger partial charge >= 0.3 is 6.03 Å². The topological polar surface area (TPSA) is 53.6 Å². The Hall–Kier alpha value is -1.11. The number of nitrogens with one attached hydrogen (secondary N) is 2. The number of thiophene rings is 1. The number of aryl methyl sites for hydroxylation is 1. The van der Waals surface area contributed by atoms with E-state index in [0.29, 0.717) is 6.54 Å². The van der Waals surface area contributed by atoms with E-state index >= 15 is 0 Å². The monoisotopic (exact) mass is 283 g/mol. The Labute approximate surface area is 117 Å². The lowest BCUT2D eigenvalue weighted by Crippen LogP contribution is -2.45. The number of carbonyl (C=O) groups excluding carboxylic acids is 1. The standard InChI is InChI=1S/C13H21N3O2S/c1-10-3-4-12(19-10)11(9-15-13(17)14-2)16-5-7-18-8-6-16/h3-4,11H,5-9H2,1-2H3,(H2,14,15,17). The van der Waals surface area contributed by atoms with Crippen LogP contribution in [0, 0.1) is 6.92 Å². The second kappa shape index (κ2) is 6.88. The predicted octanol–water partition coefficient (Wildman–Crippen LogP) is 1.36. The van der Waals surface area contributed by atoms with Crippen LogP contribution >= 0.6 is 11.3 Å². The van der Waals surface area contributed by atoms with Crippen LogP contribution in [0.4, 0.5) is 4.79 Å². The highest BCUT2D eigenvalue weighted by molar-refractivity contribution is 7.12. The van der Waals surface area contributed by atoms with Crippen molar-refractivity contribution in [2.75, 3.05) is 39.9 Å². The molecule has 1 atom stereocenters. The summed E-state index contributed by atoms with van der Waals surface area (Å²) in [6.07, 6.45) is 0. The minimum atomic E-state index is -0.133. The van der Waals surface area contributed by atoms with Crippen LogP contribution in [0.5, 0.6) is 0 Å². The van der Waals surface area contributed by atoms with Gasteiger partial charge in [-0.25, -0.2) is 4.79 Å². The summed E-state index contributed by atoms with van der Waals surface area (Å²) in [6.45, 7) is 6.09. The molecule has 1 fully saturated rings. The zero-order chi connectivity index (χ0) is 13.7. The molecule has 19 heavy (non-hydrogen) atoms. The Morgan fingerprint density at radius 2 is 2.21 bits per heavy atom. The van der Waals surface area contributed by atoms with Gasteiger partial charge < -0.3 is 15.4 Å². The van der Waals surface area contributed by atoms with Gasteiger partial charge in [0.25, 0.3) is 0 Å². The van der Waals surface area contributed by atoms with Crippen molar-refractivity contribution in [1.29, 1.82) is 0 Å². The van der Waals surface area contributed by atoms with Crippen LogP contribution < -0.4 is 10.6 Å². The molecule has 0 spiro atoms. The van der Waals surface area contributed by atoms with Gasteiger partial charge in [-0.3, -0.25) is 4.90 Å². The Morgan fingerprint density at radius 3 is 2.79 bits per heavy atom. The summed E-state index contributed by atoms with van der Waals surface area (Å²) in [5.41, 5.74) is 0. The van der Waals surface area contributed by atoms with Gasteiger partial charge in [0, 0.05) is 36.4 Å². The average molecular weight is 283 g/mol. The number of urea groups is 1. The molecule has 1 aliphatic rings. The fraction of sp³-hybridized carbons (Fsp3) is 0.615. The van der Waals surface area contributed by atoms with Gasteiger partial charge in [-0.1, -0.05) is 0 Å². The van der Waals surface area contributed by atoms with Crippen LogP contribution in [0.3, 0.4) is 0 Å². The summed E-state index contributed by atoms with van der Waals surface area (Å²) in [5, 5.41) is 5.50. The summed E-state index contributed by atoms with van der Waals surface area (Å²) >= 11 is 1.79. The maximum atomic E-state index is 11.4. The summed E-state index contributed by atoms with van der Waals surface area (Å²) < 4.78 is 5.40. The second-order valence-corrected chi connectivity index (χ2v) is 5.89. The highest BCUT2D eigenvalue weighted by Crippen LogP contribution is 2.27. The Bertz CT molecular complexity index is 416. The van der Waals surface area contributed by atoms with E-state index in [9.17, 15) is 4.79 Å². The number of hydrogen-bond acceptors (Lipinski definition) is 4. The number of morpholine rings is 1. The highest BCUT2D eigenvalue weighted by Gasteiger charge is 2.24. The number of carbonyl (C=O) groups is 1. The van der Waals surface area contributed by atoms with Gasteiger partial charge in [0.1, 0.15) is 0 Å². The average Bonchev–Trinajstić information content (AvgIpc) is 2.86. The van der Waals surface area contributed by atoms with Crippen LogP contribution in [0.2, 0.25) is 0 Å². The van der Waals surface area contributed by atoms with Crippen molar-refractivity contribution >= 4 is 17.4 Å². The molecule has 0 bridgehead atoms. The molecule has 1 aliphatic heterocycles. The number of nitrogens with zero attached hydrogens (tertiary/aromatic N) is 1. The molecule has 106 valence electrons. The maximum Gasteiger partial charge on any atom is 0.314 e. The highest BCUT2D eigenvalue weighted by atomic mass is 32.1.